The van der Waals surface area contributed by atoms with Crippen molar-refractivity contribution in [2.45, 2.75) is 20.3 Å². The molecule has 1 rings (SSSR count). The van der Waals surface area contributed by atoms with Gasteiger partial charge < -0.3 is 4.74 Å². The molecule has 3 nitrogen and oxygen atoms in total. The number of allylic oxidation sites excluding steroid dienone is 2. The Bertz CT molecular complexity index is 268. The highest BCUT2D eigenvalue weighted by Crippen LogP contribution is 2.24. The maximum atomic E-state index is 11.1. The van der Waals surface area contributed by atoms with Crippen molar-refractivity contribution in [3.63, 3.8) is 0 Å². The molecule has 66 valence electrons. The van der Waals surface area contributed by atoms with Crippen molar-refractivity contribution in [3.05, 3.63) is 10.2 Å². The summed E-state index contributed by atoms with van der Waals surface area (Å²) in [6, 6.07) is 0. The standard InChI is InChI=1S/C8H10BrNO2/c1-3-12-8(11)7-4-6(9)5(2)10-7/h3-4H2,1-2H3. The normalized spacial score (nSPS) is 16.4. The zero-order chi connectivity index (χ0) is 9.14. The summed E-state index contributed by atoms with van der Waals surface area (Å²) < 4.78 is 5.77. The van der Waals surface area contributed by atoms with Crippen LogP contribution < -0.4 is 0 Å². The largest absolute Gasteiger partial charge is 0.461 e. The van der Waals surface area contributed by atoms with Gasteiger partial charge in [0, 0.05) is 16.6 Å². The Balaban J connectivity index is 2.60. The molecular formula is C8H10BrNO2. The van der Waals surface area contributed by atoms with Crippen LogP contribution in [-0.2, 0) is 9.53 Å². The molecule has 0 aromatic rings. The van der Waals surface area contributed by atoms with Crippen LogP contribution in [0.4, 0.5) is 0 Å². The van der Waals surface area contributed by atoms with Crippen LogP contribution in [0.15, 0.2) is 15.2 Å². The smallest absolute Gasteiger partial charge is 0.353 e. The van der Waals surface area contributed by atoms with E-state index in [0.29, 0.717) is 18.7 Å². The van der Waals surface area contributed by atoms with E-state index in [1.54, 1.807) is 6.92 Å². The van der Waals surface area contributed by atoms with E-state index in [0.717, 1.165) is 10.2 Å². The Labute approximate surface area is 79.6 Å². The molecular weight excluding hydrogens is 222 g/mol. The van der Waals surface area contributed by atoms with Crippen molar-refractivity contribution in [1.82, 2.24) is 0 Å². The molecule has 1 heterocycles. The van der Waals surface area contributed by atoms with Gasteiger partial charge in [0.1, 0.15) is 5.71 Å². The van der Waals surface area contributed by atoms with Crippen LogP contribution >= 0.6 is 15.9 Å². The van der Waals surface area contributed by atoms with Gasteiger partial charge in [-0.05, 0) is 13.8 Å². The van der Waals surface area contributed by atoms with Gasteiger partial charge >= 0.3 is 5.97 Å². The van der Waals surface area contributed by atoms with Crippen LogP contribution in [-0.4, -0.2) is 18.3 Å². The van der Waals surface area contributed by atoms with Crippen molar-refractivity contribution in [3.8, 4) is 0 Å². The third kappa shape index (κ3) is 1.94. The molecule has 0 saturated heterocycles. The fourth-order valence-electron chi connectivity index (χ4n) is 0.910. The number of rotatable bonds is 2. The van der Waals surface area contributed by atoms with Crippen LogP contribution in [0.2, 0.25) is 0 Å². The maximum Gasteiger partial charge on any atom is 0.353 e. The fourth-order valence-corrected chi connectivity index (χ4v) is 1.26. The molecule has 0 saturated carbocycles. The number of ether oxygens (including phenoxy) is 1. The monoisotopic (exact) mass is 231 g/mol. The number of halogens is 1. The molecule has 4 heteroatoms. The van der Waals surface area contributed by atoms with Gasteiger partial charge in [0.2, 0.25) is 0 Å². The maximum absolute atomic E-state index is 11.1. The van der Waals surface area contributed by atoms with Crippen molar-refractivity contribution < 1.29 is 9.53 Å². The van der Waals surface area contributed by atoms with Crippen molar-refractivity contribution in [2.24, 2.45) is 4.99 Å². The minimum atomic E-state index is -0.314. The lowest BCUT2D eigenvalue weighted by Gasteiger charge is -1.99. The Morgan fingerprint density at radius 3 is 2.83 bits per heavy atom. The van der Waals surface area contributed by atoms with Gasteiger partial charge in [-0.1, -0.05) is 15.9 Å². The second-order valence-electron chi connectivity index (χ2n) is 2.45. The molecule has 0 aromatic heterocycles. The number of carbonyl (C=O) groups is 1. The van der Waals surface area contributed by atoms with E-state index in [9.17, 15) is 4.79 Å². The Hall–Kier alpha value is -0.640. The lowest BCUT2D eigenvalue weighted by atomic mass is 10.3. The highest BCUT2D eigenvalue weighted by atomic mass is 79.9. The minimum absolute atomic E-state index is 0.314. The first kappa shape index (κ1) is 9.45. The molecule has 0 N–H and O–H groups in total. The second kappa shape index (κ2) is 3.85. The van der Waals surface area contributed by atoms with E-state index in [1.807, 2.05) is 6.92 Å². The minimum Gasteiger partial charge on any atom is -0.461 e. The van der Waals surface area contributed by atoms with E-state index in [4.69, 9.17) is 4.74 Å². The first-order valence-corrected chi connectivity index (χ1v) is 4.54. The summed E-state index contributed by atoms with van der Waals surface area (Å²) in [5.41, 5.74) is 1.35. The molecule has 0 radical (unpaired) electrons. The first-order valence-electron chi connectivity index (χ1n) is 3.75. The number of esters is 1. The third-order valence-electron chi connectivity index (χ3n) is 1.53. The summed E-state index contributed by atoms with van der Waals surface area (Å²) in [5, 5.41) is 0. The van der Waals surface area contributed by atoms with E-state index in [-0.39, 0.29) is 5.97 Å². The second-order valence-corrected chi connectivity index (χ2v) is 3.40. The topological polar surface area (TPSA) is 38.7 Å². The predicted octanol–water partition coefficient (Wildman–Crippen LogP) is 2.02. The number of hydrogen-bond acceptors (Lipinski definition) is 3. The van der Waals surface area contributed by atoms with E-state index in [1.165, 1.54) is 0 Å². The summed E-state index contributed by atoms with van der Waals surface area (Å²) in [6.07, 6.45) is 0.560. The molecule has 0 fully saturated rings. The number of hydrogen-bond donors (Lipinski definition) is 0. The van der Waals surface area contributed by atoms with E-state index < -0.39 is 0 Å². The zero-order valence-corrected chi connectivity index (χ0v) is 8.64. The molecule has 1 aliphatic heterocycles. The van der Waals surface area contributed by atoms with E-state index in [2.05, 4.69) is 20.9 Å². The van der Waals surface area contributed by atoms with Gasteiger partial charge in [0.05, 0.1) is 6.61 Å². The first-order chi connectivity index (χ1) is 5.65. The SMILES string of the molecule is CCOC(=O)C1=NC(C)=C(Br)C1. The molecule has 0 unspecified atom stereocenters. The van der Waals surface area contributed by atoms with Crippen molar-refractivity contribution in [2.75, 3.05) is 6.61 Å². The summed E-state index contributed by atoms with van der Waals surface area (Å²) >= 11 is 3.32. The fraction of sp³-hybridized carbons (Fsp3) is 0.500. The van der Waals surface area contributed by atoms with Crippen LogP contribution in [0.5, 0.6) is 0 Å². The number of carbonyl (C=O) groups excluding carboxylic acids is 1. The predicted molar refractivity (Wildman–Crippen MR) is 50.3 cm³/mol. The molecule has 0 atom stereocenters. The molecule has 1 aliphatic rings. The molecule has 0 spiro atoms. The van der Waals surface area contributed by atoms with Crippen molar-refractivity contribution >= 4 is 27.6 Å². The highest BCUT2D eigenvalue weighted by molar-refractivity contribution is 9.11. The van der Waals surface area contributed by atoms with Gasteiger partial charge in [0.15, 0.2) is 0 Å². The summed E-state index contributed by atoms with van der Waals surface area (Å²) in [5.74, 6) is -0.314. The number of nitrogens with zero attached hydrogens (tertiary/aromatic N) is 1. The third-order valence-corrected chi connectivity index (χ3v) is 2.38. The lowest BCUT2D eigenvalue weighted by molar-refractivity contribution is -0.135. The zero-order valence-electron chi connectivity index (χ0n) is 7.06. The summed E-state index contributed by atoms with van der Waals surface area (Å²) in [6.45, 7) is 4.04. The quantitative estimate of drug-likeness (QED) is 0.683. The van der Waals surface area contributed by atoms with Crippen LogP contribution in [0.25, 0.3) is 0 Å². The Morgan fingerprint density at radius 2 is 2.42 bits per heavy atom. The molecule has 12 heavy (non-hydrogen) atoms. The van der Waals surface area contributed by atoms with Crippen molar-refractivity contribution in [1.29, 1.82) is 0 Å². The molecule has 0 amide bonds. The van der Waals surface area contributed by atoms with Crippen LogP contribution in [0, 0.1) is 0 Å². The van der Waals surface area contributed by atoms with E-state index >= 15 is 0 Å². The highest BCUT2D eigenvalue weighted by Gasteiger charge is 2.20. The van der Waals surface area contributed by atoms with Crippen LogP contribution in [0.1, 0.15) is 20.3 Å². The Kier molecular flexibility index (Phi) is 3.03. The Morgan fingerprint density at radius 1 is 1.75 bits per heavy atom. The molecule has 0 aromatic carbocycles. The van der Waals surface area contributed by atoms with Crippen LogP contribution in [0.3, 0.4) is 0 Å². The van der Waals surface area contributed by atoms with Gasteiger partial charge in [0.25, 0.3) is 0 Å². The van der Waals surface area contributed by atoms with Gasteiger partial charge in [-0.3, -0.25) is 0 Å². The van der Waals surface area contributed by atoms with Gasteiger partial charge in [-0.25, -0.2) is 9.79 Å². The summed E-state index contributed by atoms with van der Waals surface area (Å²) in [4.78, 5) is 15.2. The molecule has 0 bridgehead atoms. The lowest BCUT2D eigenvalue weighted by Crippen LogP contribution is -2.15. The molecule has 0 aliphatic carbocycles. The number of aliphatic imine (C=N–C) groups is 1. The average Bonchev–Trinajstić information content (AvgIpc) is 2.33. The van der Waals surface area contributed by atoms with Gasteiger partial charge in [-0.2, -0.15) is 0 Å². The van der Waals surface area contributed by atoms with Gasteiger partial charge in [-0.15, -0.1) is 0 Å². The summed E-state index contributed by atoms with van der Waals surface area (Å²) in [7, 11) is 0. The average molecular weight is 232 g/mol.